The van der Waals surface area contributed by atoms with Crippen LogP contribution in [-0.4, -0.2) is 40.8 Å². The smallest absolute Gasteiger partial charge is 0.148 e. The van der Waals surface area contributed by atoms with E-state index in [0.29, 0.717) is 22.9 Å². The van der Waals surface area contributed by atoms with Crippen LogP contribution in [0.1, 0.15) is 69.4 Å². The van der Waals surface area contributed by atoms with Crippen LogP contribution in [-0.2, 0) is 4.74 Å². The van der Waals surface area contributed by atoms with Crippen LogP contribution in [0.3, 0.4) is 0 Å². The Hall–Kier alpha value is -1.92. The van der Waals surface area contributed by atoms with Crippen molar-refractivity contribution in [3.8, 4) is 11.3 Å². The number of halogens is 1. The van der Waals surface area contributed by atoms with E-state index < -0.39 is 0 Å². The monoisotopic (exact) mass is 441 g/mol. The lowest BCUT2D eigenvalue weighted by Gasteiger charge is -2.24. The second-order valence-corrected chi connectivity index (χ2v) is 9.64. The molecule has 0 bridgehead atoms. The highest BCUT2D eigenvalue weighted by Crippen LogP contribution is 2.42. The Bertz CT molecular complexity index is 892. The number of ether oxygens (including phenoxy) is 1. The molecule has 0 atom stereocenters. The number of hydrogen-bond donors (Lipinski definition) is 2. The summed E-state index contributed by atoms with van der Waals surface area (Å²) in [5.74, 6) is 2.95. The third-order valence-electron chi connectivity index (χ3n) is 6.75. The van der Waals surface area contributed by atoms with Crippen molar-refractivity contribution in [3.05, 3.63) is 29.2 Å². The van der Waals surface area contributed by atoms with Gasteiger partial charge in [0.15, 0.2) is 0 Å². The van der Waals surface area contributed by atoms with Crippen molar-refractivity contribution in [1.82, 2.24) is 15.0 Å². The van der Waals surface area contributed by atoms with Crippen LogP contribution in [0.15, 0.2) is 18.5 Å². The van der Waals surface area contributed by atoms with Gasteiger partial charge in [0.05, 0.1) is 22.6 Å². The molecule has 3 heterocycles. The highest BCUT2D eigenvalue weighted by molar-refractivity contribution is 6.33. The highest BCUT2D eigenvalue weighted by Gasteiger charge is 2.29. The second kappa shape index (κ2) is 9.70. The van der Waals surface area contributed by atoms with Crippen molar-refractivity contribution < 1.29 is 4.74 Å². The average molecular weight is 442 g/mol. The topological polar surface area (TPSA) is 72.0 Å². The zero-order chi connectivity index (χ0) is 21.0. The molecule has 6 nitrogen and oxygen atoms in total. The normalized spacial score (nSPS) is 20.5. The number of hydrogen-bond acceptors (Lipinski definition) is 6. The van der Waals surface area contributed by atoms with Gasteiger partial charge in [0.25, 0.3) is 0 Å². The quantitative estimate of drug-likeness (QED) is 0.578. The number of nitrogens with one attached hydrogen (secondary N) is 2. The summed E-state index contributed by atoms with van der Waals surface area (Å²) in [6, 6.07) is 2.52. The highest BCUT2D eigenvalue weighted by atomic mass is 35.5. The van der Waals surface area contributed by atoms with Crippen LogP contribution < -0.4 is 10.6 Å². The van der Waals surface area contributed by atoms with E-state index >= 15 is 0 Å². The first-order chi connectivity index (χ1) is 15.3. The molecule has 7 heteroatoms. The van der Waals surface area contributed by atoms with E-state index in [9.17, 15) is 0 Å². The molecular weight excluding hydrogens is 410 g/mol. The van der Waals surface area contributed by atoms with E-state index in [1.54, 1.807) is 6.20 Å². The molecule has 31 heavy (non-hydrogen) atoms. The minimum absolute atomic E-state index is 0.496. The molecule has 2 aromatic heterocycles. The van der Waals surface area contributed by atoms with Gasteiger partial charge in [-0.1, -0.05) is 30.9 Å². The van der Waals surface area contributed by atoms with E-state index in [-0.39, 0.29) is 0 Å². The zero-order valence-corrected chi connectivity index (χ0v) is 18.8. The van der Waals surface area contributed by atoms with Crippen LogP contribution in [0.25, 0.3) is 11.3 Å². The summed E-state index contributed by atoms with van der Waals surface area (Å²) >= 11 is 6.55. The van der Waals surface area contributed by atoms with E-state index in [1.165, 1.54) is 44.9 Å². The first kappa shape index (κ1) is 21.0. The lowest BCUT2D eigenvalue weighted by molar-refractivity contribution is 0.0699. The van der Waals surface area contributed by atoms with Crippen LogP contribution in [0.2, 0.25) is 5.02 Å². The molecule has 2 N–H and O–H groups in total. The number of anilines is 2. The summed E-state index contributed by atoms with van der Waals surface area (Å²) in [5.41, 5.74) is 2.79. The van der Waals surface area contributed by atoms with Gasteiger partial charge < -0.3 is 15.4 Å². The SMILES string of the molecule is Clc1cnc(NC2CCCCC2)cc1-c1cnc(C2CC2)c(NCC2CCOCC2)n1. The Morgan fingerprint density at radius 3 is 2.55 bits per heavy atom. The summed E-state index contributed by atoms with van der Waals surface area (Å²) in [6.45, 7) is 2.63. The Morgan fingerprint density at radius 2 is 1.77 bits per heavy atom. The van der Waals surface area contributed by atoms with Crippen LogP contribution in [0.4, 0.5) is 11.6 Å². The first-order valence-electron chi connectivity index (χ1n) is 11.9. The number of aromatic nitrogens is 3. The minimum atomic E-state index is 0.496. The van der Waals surface area contributed by atoms with Crippen LogP contribution in [0, 0.1) is 5.92 Å². The third kappa shape index (κ3) is 5.29. The van der Waals surface area contributed by atoms with Gasteiger partial charge in [-0.2, -0.15) is 0 Å². The van der Waals surface area contributed by atoms with E-state index in [2.05, 4.69) is 15.6 Å². The molecule has 2 aliphatic carbocycles. The molecular formula is C24H32ClN5O. The maximum Gasteiger partial charge on any atom is 0.148 e. The molecule has 3 aliphatic rings. The van der Waals surface area contributed by atoms with Crippen LogP contribution in [0.5, 0.6) is 0 Å². The van der Waals surface area contributed by atoms with Gasteiger partial charge in [-0.15, -0.1) is 0 Å². The molecule has 0 aromatic carbocycles. The standard InChI is InChI=1S/C24H32ClN5O/c25-20-14-26-22(29-18-4-2-1-3-5-18)12-19(20)21-15-27-23(17-6-7-17)24(30-21)28-13-16-8-10-31-11-9-16/h12,14-18H,1-11,13H2,(H,26,29)(H,28,30). The van der Waals surface area contributed by atoms with E-state index in [0.717, 1.165) is 61.2 Å². The lowest BCUT2D eigenvalue weighted by atomic mass is 9.95. The number of rotatable bonds is 7. The molecule has 0 radical (unpaired) electrons. The number of nitrogens with zero attached hydrogens (tertiary/aromatic N) is 3. The van der Waals surface area contributed by atoms with Gasteiger partial charge in [-0.3, -0.25) is 4.98 Å². The van der Waals surface area contributed by atoms with E-state index in [4.69, 9.17) is 26.3 Å². The zero-order valence-electron chi connectivity index (χ0n) is 18.1. The largest absolute Gasteiger partial charge is 0.381 e. The fourth-order valence-corrected chi connectivity index (χ4v) is 4.88. The summed E-state index contributed by atoms with van der Waals surface area (Å²) in [7, 11) is 0. The second-order valence-electron chi connectivity index (χ2n) is 9.23. The van der Waals surface area contributed by atoms with Gasteiger partial charge in [0.1, 0.15) is 11.6 Å². The van der Waals surface area contributed by atoms with Gasteiger partial charge >= 0.3 is 0 Å². The first-order valence-corrected chi connectivity index (χ1v) is 12.2. The van der Waals surface area contributed by atoms with E-state index in [1.807, 2.05) is 12.3 Å². The molecule has 0 spiro atoms. The van der Waals surface area contributed by atoms with Gasteiger partial charge in [-0.05, 0) is 50.5 Å². The van der Waals surface area contributed by atoms with Gasteiger partial charge in [0, 0.05) is 43.5 Å². The Labute approximate surface area is 189 Å². The molecule has 5 rings (SSSR count). The Balaban J connectivity index is 1.36. The fraction of sp³-hybridized carbons (Fsp3) is 0.625. The van der Waals surface area contributed by atoms with Crippen molar-refractivity contribution in [2.45, 2.75) is 69.7 Å². The van der Waals surface area contributed by atoms with Crippen molar-refractivity contribution in [1.29, 1.82) is 0 Å². The predicted molar refractivity (Wildman–Crippen MR) is 125 cm³/mol. The molecule has 0 unspecified atom stereocenters. The molecule has 2 aromatic rings. The maximum atomic E-state index is 6.55. The molecule has 1 aliphatic heterocycles. The Morgan fingerprint density at radius 1 is 0.968 bits per heavy atom. The summed E-state index contributed by atoms with van der Waals surface area (Å²) in [6.07, 6.45) is 14.5. The average Bonchev–Trinajstić information content (AvgIpc) is 3.66. The van der Waals surface area contributed by atoms with Crippen molar-refractivity contribution in [3.63, 3.8) is 0 Å². The van der Waals surface area contributed by atoms with Gasteiger partial charge in [0.2, 0.25) is 0 Å². The van der Waals surface area contributed by atoms with Crippen molar-refractivity contribution >= 4 is 23.2 Å². The van der Waals surface area contributed by atoms with Crippen LogP contribution >= 0.6 is 11.6 Å². The molecule has 166 valence electrons. The van der Waals surface area contributed by atoms with Crippen molar-refractivity contribution in [2.24, 2.45) is 5.92 Å². The number of pyridine rings is 1. The summed E-state index contributed by atoms with van der Waals surface area (Å²) < 4.78 is 5.50. The predicted octanol–water partition coefficient (Wildman–Crippen LogP) is 5.65. The van der Waals surface area contributed by atoms with Gasteiger partial charge in [-0.25, -0.2) is 9.97 Å². The summed E-state index contributed by atoms with van der Waals surface area (Å²) in [5, 5.41) is 7.82. The van der Waals surface area contributed by atoms with Crippen molar-refractivity contribution in [2.75, 3.05) is 30.4 Å². The molecule has 3 fully saturated rings. The maximum absolute atomic E-state index is 6.55. The molecule has 1 saturated heterocycles. The fourth-order valence-electron chi connectivity index (χ4n) is 4.68. The minimum Gasteiger partial charge on any atom is -0.381 e. The summed E-state index contributed by atoms with van der Waals surface area (Å²) in [4.78, 5) is 14.3. The molecule has 0 amide bonds. The third-order valence-corrected chi connectivity index (χ3v) is 7.05. The molecule has 2 saturated carbocycles. The lowest BCUT2D eigenvalue weighted by Crippen LogP contribution is -2.23. The Kier molecular flexibility index (Phi) is 6.55.